The monoisotopic (exact) mass is 353 g/mol. The van der Waals surface area contributed by atoms with Crippen LogP contribution in [0.15, 0.2) is 42.5 Å². The summed E-state index contributed by atoms with van der Waals surface area (Å²) in [5.74, 6) is -0.539. The van der Waals surface area contributed by atoms with Crippen molar-refractivity contribution < 1.29 is 19.4 Å². The molecule has 0 radical (unpaired) electrons. The summed E-state index contributed by atoms with van der Waals surface area (Å²) in [6.07, 6.45) is 0.650. The predicted octanol–water partition coefficient (Wildman–Crippen LogP) is 2.25. The second kappa shape index (κ2) is 7.26. The van der Waals surface area contributed by atoms with Crippen molar-refractivity contribution in [2.24, 2.45) is 11.7 Å². The van der Waals surface area contributed by atoms with Crippen LogP contribution in [-0.2, 0) is 11.2 Å². The Bertz CT molecular complexity index is 862. The maximum Gasteiger partial charge on any atom is 0.303 e. The lowest BCUT2D eigenvalue weighted by Gasteiger charge is -2.24. The maximum absolute atomic E-state index is 12.4. The third-order valence-electron chi connectivity index (χ3n) is 4.22. The zero-order chi connectivity index (χ0) is 18.7. The molecule has 7 heteroatoms. The first-order chi connectivity index (χ1) is 12.4. The Hall–Kier alpha value is -3.35. The summed E-state index contributed by atoms with van der Waals surface area (Å²) in [7, 11) is 0. The highest BCUT2D eigenvalue weighted by Gasteiger charge is 2.22. The average molecular weight is 353 g/mol. The number of amidine groups is 1. The zero-order valence-electron chi connectivity index (χ0n) is 14.0. The number of nitrogens with two attached hydrogens (primary N) is 1. The molecule has 2 aromatic rings. The van der Waals surface area contributed by atoms with E-state index >= 15 is 0 Å². The van der Waals surface area contributed by atoms with Crippen LogP contribution in [0.3, 0.4) is 0 Å². The highest BCUT2D eigenvalue weighted by molar-refractivity contribution is 6.05. The van der Waals surface area contributed by atoms with Crippen LogP contribution in [-0.4, -0.2) is 29.4 Å². The van der Waals surface area contributed by atoms with E-state index in [0.29, 0.717) is 29.8 Å². The van der Waals surface area contributed by atoms with Gasteiger partial charge in [-0.3, -0.25) is 15.0 Å². The van der Waals surface area contributed by atoms with E-state index in [4.69, 9.17) is 21.0 Å². The lowest BCUT2D eigenvalue weighted by molar-refractivity contribution is -0.138. The number of amides is 1. The summed E-state index contributed by atoms with van der Waals surface area (Å²) in [5.41, 5.74) is 7.90. The molecule has 1 unspecified atom stereocenters. The second-order valence-corrected chi connectivity index (χ2v) is 6.25. The van der Waals surface area contributed by atoms with Gasteiger partial charge in [-0.15, -0.1) is 0 Å². The van der Waals surface area contributed by atoms with Crippen molar-refractivity contribution in [1.82, 2.24) is 0 Å². The van der Waals surface area contributed by atoms with Crippen molar-refractivity contribution in [3.05, 3.63) is 59.2 Å². The van der Waals surface area contributed by atoms with Gasteiger partial charge < -0.3 is 20.9 Å². The molecule has 2 aromatic carbocycles. The first-order valence-corrected chi connectivity index (χ1v) is 8.15. The van der Waals surface area contributed by atoms with Gasteiger partial charge in [0, 0.05) is 22.7 Å². The van der Waals surface area contributed by atoms with E-state index in [-0.39, 0.29) is 24.1 Å². The van der Waals surface area contributed by atoms with Crippen molar-refractivity contribution in [2.75, 3.05) is 11.9 Å². The molecule has 1 heterocycles. The second-order valence-electron chi connectivity index (χ2n) is 6.25. The molecule has 0 bridgehead atoms. The third-order valence-corrected chi connectivity index (χ3v) is 4.22. The minimum Gasteiger partial charge on any atom is -0.493 e. The fourth-order valence-corrected chi connectivity index (χ4v) is 2.92. The minimum absolute atomic E-state index is 0.0532. The number of anilines is 1. The average Bonchev–Trinajstić information content (AvgIpc) is 2.61. The molecular weight excluding hydrogens is 334 g/mol. The van der Waals surface area contributed by atoms with Crippen LogP contribution in [0.2, 0.25) is 0 Å². The van der Waals surface area contributed by atoms with Crippen LogP contribution in [0.4, 0.5) is 5.69 Å². The van der Waals surface area contributed by atoms with Crippen molar-refractivity contribution in [3.8, 4) is 5.75 Å². The molecule has 0 aromatic heterocycles. The van der Waals surface area contributed by atoms with Gasteiger partial charge >= 0.3 is 5.97 Å². The molecule has 1 atom stereocenters. The van der Waals surface area contributed by atoms with Crippen LogP contribution in [0.25, 0.3) is 0 Å². The van der Waals surface area contributed by atoms with E-state index in [2.05, 4.69) is 5.32 Å². The zero-order valence-corrected chi connectivity index (χ0v) is 14.0. The highest BCUT2D eigenvalue weighted by atomic mass is 16.5. The Balaban J connectivity index is 1.71. The lowest BCUT2D eigenvalue weighted by Crippen LogP contribution is -2.23. The number of carboxylic acid groups (broad SMARTS) is 1. The van der Waals surface area contributed by atoms with Gasteiger partial charge in [0.15, 0.2) is 0 Å². The quantitative estimate of drug-likeness (QED) is 0.484. The smallest absolute Gasteiger partial charge is 0.303 e. The number of rotatable bonds is 5. The van der Waals surface area contributed by atoms with E-state index in [1.807, 2.05) is 6.07 Å². The van der Waals surface area contributed by atoms with Crippen molar-refractivity contribution >= 4 is 23.4 Å². The summed E-state index contributed by atoms with van der Waals surface area (Å²) >= 11 is 0. The Morgan fingerprint density at radius 1 is 1.19 bits per heavy atom. The van der Waals surface area contributed by atoms with E-state index in [1.165, 1.54) is 0 Å². The molecule has 5 N–H and O–H groups in total. The van der Waals surface area contributed by atoms with E-state index in [0.717, 1.165) is 11.3 Å². The van der Waals surface area contributed by atoms with Crippen LogP contribution in [0.1, 0.15) is 27.9 Å². The summed E-state index contributed by atoms with van der Waals surface area (Å²) in [6.45, 7) is 0.382. The van der Waals surface area contributed by atoms with Gasteiger partial charge in [0.2, 0.25) is 0 Å². The number of carboxylic acids is 1. The van der Waals surface area contributed by atoms with Gasteiger partial charge in [0.05, 0.1) is 13.0 Å². The van der Waals surface area contributed by atoms with Crippen molar-refractivity contribution in [3.63, 3.8) is 0 Å². The molecule has 0 saturated heterocycles. The number of hydrogen-bond donors (Lipinski definition) is 4. The summed E-state index contributed by atoms with van der Waals surface area (Å²) < 4.78 is 5.61. The van der Waals surface area contributed by atoms with Crippen molar-refractivity contribution in [1.29, 1.82) is 5.41 Å². The molecule has 0 saturated carbocycles. The molecule has 1 aliphatic heterocycles. The largest absolute Gasteiger partial charge is 0.493 e. The highest BCUT2D eigenvalue weighted by Crippen LogP contribution is 2.31. The molecule has 0 spiro atoms. The number of aliphatic carboxylic acids is 1. The van der Waals surface area contributed by atoms with E-state index in [9.17, 15) is 9.59 Å². The van der Waals surface area contributed by atoms with Gasteiger partial charge in [0.25, 0.3) is 5.91 Å². The lowest BCUT2D eigenvalue weighted by atomic mass is 9.94. The number of nitrogen functional groups attached to an aromatic ring is 1. The Labute approximate surface area is 150 Å². The maximum atomic E-state index is 12.4. The SMILES string of the molecule is N=C(N)c1ccc(C(=O)Nc2ccc3c(c2)CC(CC(=O)O)CO3)cc1. The summed E-state index contributed by atoms with van der Waals surface area (Å²) in [6, 6.07) is 11.8. The fourth-order valence-electron chi connectivity index (χ4n) is 2.92. The Kier molecular flexibility index (Phi) is 4.88. The molecule has 0 fully saturated rings. The normalized spacial score (nSPS) is 15.5. The first-order valence-electron chi connectivity index (χ1n) is 8.15. The Morgan fingerprint density at radius 3 is 2.54 bits per heavy atom. The number of ether oxygens (including phenoxy) is 1. The predicted molar refractivity (Wildman–Crippen MR) is 96.8 cm³/mol. The van der Waals surface area contributed by atoms with Crippen LogP contribution in [0, 0.1) is 11.3 Å². The molecule has 7 nitrogen and oxygen atoms in total. The first kappa shape index (κ1) is 17.5. The van der Waals surface area contributed by atoms with Gasteiger partial charge in [0.1, 0.15) is 11.6 Å². The van der Waals surface area contributed by atoms with Crippen LogP contribution < -0.4 is 15.8 Å². The number of nitrogens with one attached hydrogen (secondary N) is 2. The standard InChI is InChI=1S/C19H19N3O4/c20-18(21)12-1-3-13(4-2-12)19(25)22-15-5-6-16-14(9-15)7-11(10-26-16)8-17(23)24/h1-6,9,11H,7-8,10H2,(H3,20,21)(H,22,25)(H,23,24). The van der Waals surface area contributed by atoms with Gasteiger partial charge in [-0.05, 0) is 42.3 Å². The minimum atomic E-state index is -0.847. The van der Waals surface area contributed by atoms with Gasteiger partial charge in [-0.2, -0.15) is 0 Å². The van der Waals surface area contributed by atoms with Crippen molar-refractivity contribution in [2.45, 2.75) is 12.8 Å². The molecule has 26 heavy (non-hydrogen) atoms. The number of carbonyl (C=O) groups excluding carboxylic acids is 1. The molecule has 0 aliphatic carbocycles. The van der Waals surface area contributed by atoms with Gasteiger partial charge in [-0.1, -0.05) is 12.1 Å². The number of benzene rings is 2. The molecule has 3 rings (SSSR count). The number of carbonyl (C=O) groups is 2. The molecule has 1 aliphatic rings. The molecular formula is C19H19N3O4. The third kappa shape index (κ3) is 4.00. The van der Waals surface area contributed by atoms with E-state index in [1.54, 1.807) is 36.4 Å². The van der Waals surface area contributed by atoms with Crippen LogP contribution in [0.5, 0.6) is 5.75 Å². The molecule has 1 amide bonds. The van der Waals surface area contributed by atoms with E-state index < -0.39 is 5.97 Å². The topological polar surface area (TPSA) is 126 Å². The number of fused-ring (bicyclic) bond motifs is 1. The summed E-state index contributed by atoms with van der Waals surface area (Å²) in [5, 5.41) is 19.1. The number of hydrogen-bond acceptors (Lipinski definition) is 4. The molecule has 134 valence electrons. The fraction of sp³-hybridized carbons (Fsp3) is 0.211. The Morgan fingerprint density at radius 2 is 1.88 bits per heavy atom. The summed E-state index contributed by atoms with van der Waals surface area (Å²) in [4.78, 5) is 23.2. The van der Waals surface area contributed by atoms with Gasteiger partial charge in [-0.25, -0.2) is 0 Å². The van der Waals surface area contributed by atoms with Crippen LogP contribution >= 0.6 is 0 Å².